The molecule has 3 heteroatoms. The van der Waals surface area contributed by atoms with Gasteiger partial charge in [0, 0.05) is 30.8 Å². The molecule has 0 aromatic rings. The lowest BCUT2D eigenvalue weighted by Gasteiger charge is -2.21. The van der Waals surface area contributed by atoms with Gasteiger partial charge in [-0.3, -0.25) is 9.79 Å². The zero-order chi connectivity index (χ0) is 17.1. The molecular weight excluding hydrogens is 284 g/mol. The molecule has 0 aromatic heterocycles. The van der Waals surface area contributed by atoms with Gasteiger partial charge in [0.05, 0.1) is 0 Å². The van der Waals surface area contributed by atoms with Crippen molar-refractivity contribution in [3.8, 4) is 0 Å². The molecule has 0 radical (unpaired) electrons. The van der Waals surface area contributed by atoms with Crippen molar-refractivity contribution in [2.75, 3.05) is 6.54 Å². The monoisotopic (exact) mass is 314 g/mol. The number of hydrogen-bond donors (Lipinski definition) is 1. The lowest BCUT2D eigenvalue weighted by Crippen LogP contribution is -2.14. The summed E-state index contributed by atoms with van der Waals surface area (Å²) < 4.78 is 0. The largest absolute Gasteiger partial charge is 0.305 e. The van der Waals surface area contributed by atoms with Crippen molar-refractivity contribution in [3.05, 3.63) is 36.0 Å². The molecule has 1 aliphatic carbocycles. The normalized spacial score (nSPS) is 16.5. The molecule has 0 aromatic carbocycles. The highest BCUT2D eigenvalue weighted by Gasteiger charge is 2.17. The predicted molar refractivity (Wildman–Crippen MR) is 99.6 cm³/mol. The topological polar surface area (TPSA) is 53.3 Å². The van der Waals surface area contributed by atoms with Crippen molar-refractivity contribution in [2.24, 2.45) is 10.9 Å². The lowest BCUT2D eigenvalue weighted by molar-refractivity contribution is -0.117. The molecule has 126 valence electrons. The minimum Gasteiger partial charge on any atom is -0.305 e. The second-order valence-corrected chi connectivity index (χ2v) is 6.05. The highest BCUT2D eigenvalue weighted by atomic mass is 16.1. The van der Waals surface area contributed by atoms with Crippen molar-refractivity contribution in [1.29, 1.82) is 5.41 Å². The molecule has 0 spiro atoms. The lowest BCUT2D eigenvalue weighted by atomic mass is 9.84. The summed E-state index contributed by atoms with van der Waals surface area (Å²) in [7, 11) is 0. The van der Waals surface area contributed by atoms with E-state index in [1.54, 1.807) is 6.08 Å². The molecule has 23 heavy (non-hydrogen) atoms. The second-order valence-electron chi connectivity index (χ2n) is 6.05. The van der Waals surface area contributed by atoms with E-state index in [2.05, 4.69) is 37.1 Å². The molecule has 0 saturated heterocycles. The van der Waals surface area contributed by atoms with Gasteiger partial charge < -0.3 is 5.41 Å². The first-order chi connectivity index (χ1) is 11.1. The number of nitrogens with zero attached hydrogens (tertiary/aromatic N) is 1. The van der Waals surface area contributed by atoms with Gasteiger partial charge in [0.25, 0.3) is 0 Å². The van der Waals surface area contributed by atoms with Crippen molar-refractivity contribution in [2.45, 2.75) is 59.3 Å². The number of carbonyl (C=O) groups is 1. The number of nitrogens with one attached hydrogen (secondary N) is 1. The first kappa shape index (κ1) is 19.3. The first-order valence-electron chi connectivity index (χ1n) is 8.67. The van der Waals surface area contributed by atoms with Crippen molar-refractivity contribution in [1.82, 2.24) is 0 Å². The van der Waals surface area contributed by atoms with Crippen LogP contribution in [0.5, 0.6) is 0 Å². The van der Waals surface area contributed by atoms with E-state index < -0.39 is 0 Å². The molecule has 0 fully saturated rings. The van der Waals surface area contributed by atoms with Crippen LogP contribution < -0.4 is 0 Å². The standard InChI is InChI=1S/C20H30N2O/c1-4-20(23)13-9-12-19(21)15-18(14-16(3)22-5-2)17-10-7-6-8-11-17/h6-7,9-10,12,18,21H,4-5,8,11,13-15H2,1-3H3/b12-9+,21-19?,22-16?. The average Bonchev–Trinajstić information content (AvgIpc) is 2.55. The Morgan fingerprint density at radius 3 is 2.78 bits per heavy atom. The maximum Gasteiger partial charge on any atom is 0.136 e. The summed E-state index contributed by atoms with van der Waals surface area (Å²) in [6.45, 7) is 6.82. The Balaban J connectivity index is 2.70. The van der Waals surface area contributed by atoms with Crippen molar-refractivity contribution < 1.29 is 4.79 Å². The highest BCUT2D eigenvalue weighted by Crippen LogP contribution is 2.27. The summed E-state index contributed by atoms with van der Waals surface area (Å²) in [6.07, 6.45) is 14.9. The van der Waals surface area contributed by atoms with Gasteiger partial charge in [-0.2, -0.15) is 0 Å². The summed E-state index contributed by atoms with van der Waals surface area (Å²) in [5.41, 5.74) is 3.17. The number of aliphatic imine (C=N–C) groups is 1. The van der Waals surface area contributed by atoms with E-state index >= 15 is 0 Å². The zero-order valence-electron chi connectivity index (χ0n) is 14.8. The fraction of sp³-hybridized carbons (Fsp3) is 0.550. The minimum absolute atomic E-state index is 0.219. The third-order valence-electron chi connectivity index (χ3n) is 4.07. The minimum atomic E-state index is 0.219. The molecule has 3 nitrogen and oxygen atoms in total. The summed E-state index contributed by atoms with van der Waals surface area (Å²) in [4.78, 5) is 15.8. The number of rotatable bonds is 10. The van der Waals surface area contributed by atoms with Crippen LogP contribution in [-0.4, -0.2) is 23.8 Å². The molecule has 1 unspecified atom stereocenters. The summed E-state index contributed by atoms with van der Waals surface area (Å²) >= 11 is 0. The first-order valence-corrected chi connectivity index (χ1v) is 8.67. The fourth-order valence-corrected chi connectivity index (χ4v) is 2.80. The Kier molecular flexibility index (Phi) is 9.11. The molecule has 0 saturated carbocycles. The van der Waals surface area contributed by atoms with Crippen LogP contribution in [0.4, 0.5) is 0 Å². The Morgan fingerprint density at radius 2 is 2.17 bits per heavy atom. The van der Waals surface area contributed by atoms with Crippen LogP contribution in [0.25, 0.3) is 0 Å². The molecule has 0 aliphatic heterocycles. The second kappa shape index (κ2) is 10.9. The molecule has 1 N–H and O–H groups in total. The summed E-state index contributed by atoms with van der Waals surface area (Å²) in [5.74, 6) is 0.561. The van der Waals surface area contributed by atoms with E-state index in [0.717, 1.165) is 31.5 Å². The third-order valence-corrected chi connectivity index (χ3v) is 4.07. The number of Topliss-reactive ketones (excluding diaryl/α,β-unsaturated/α-hetero) is 1. The van der Waals surface area contributed by atoms with Gasteiger partial charge in [-0.15, -0.1) is 0 Å². The van der Waals surface area contributed by atoms with Gasteiger partial charge in [-0.25, -0.2) is 0 Å². The van der Waals surface area contributed by atoms with Gasteiger partial charge in [0.15, 0.2) is 0 Å². The number of hydrogen-bond acceptors (Lipinski definition) is 3. The van der Waals surface area contributed by atoms with Gasteiger partial charge in [-0.05, 0) is 51.5 Å². The number of ketones is 1. The van der Waals surface area contributed by atoms with Crippen molar-refractivity contribution >= 4 is 17.2 Å². The van der Waals surface area contributed by atoms with Crippen LogP contribution in [0.2, 0.25) is 0 Å². The van der Waals surface area contributed by atoms with E-state index in [1.807, 2.05) is 13.0 Å². The Labute approximate surface area is 140 Å². The predicted octanol–water partition coefficient (Wildman–Crippen LogP) is 5.09. The van der Waals surface area contributed by atoms with Crippen LogP contribution in [0, 0.1) is 11.3 Å². The van der Waals surface area contributed by atoms with E-state index in [1.165, 1.54) is 5.57 Å². The number of allylic oxidation sites excluding steroid dienone is 6. The Hall–Kier alpha value is -1.77. The zero-order valence-corrected chi connectivity index (χ0v) is 14.8. The van der Waals surface area contributed by atoms with E-state index in [-0.39, 0.29) is 5.78 Å². The van der Waals surface area contributed by atoms with E-state index in [4.69, 9.17) is 5.41 Å². The van der Waals surface area contributed by atoms with E-state index in [9.17, 15) is 4.79 Å². The van der Waals surface area contributed by atoms with Crippen LogP contribution in [0.1, 0.15) is 59.3 Å². The maximum atomic E-state index is 11.3. The maximum absolute atomic E-state index is 11.3. The van der Waals surface area contributed by atoms with Crippen LogP contribution in [0.3, 0.4) is 0 Å². The van der Waals surface area contributed by atoms with Gasteiger partial charge in [0.2, 0.25) is 0 Å². The molecule has 0 heterocycles. The summed E-state index contributed by atoms with van der Waals surface area (Å²) in [5, 5.41) is 8.20. The third kappa shape index (κ3) is 7.87. The molecule has 0 amide bonds. The van der Waals surface area contributed by atoms with Gasteiger partial charge >= 0.3 is 0 Å². The summed E-state index contributed by atoms with van der Waals surface area (Å²) in [6, 6.07) is 0. The molecule has 0 bridgehead atoms. The SMILES string of the molecule is CCN=C(C)CC(CC(=N)/C=C/CC(=O)CC)C1=CC=CCC1. The van der Waals surface area contributed by atoms with Crippen LogP contribution in [0.15, 0.2) is 40.9 Å². The number of carbonyl (C=O) groups excluding carboxylic acids is 1. The highest BCUT2D eigenvalue weighted by molar-refractivity contribution is 5.94. The Bertz CT molecular complexity index is 524. The van der Waals surface area contributed by atoms with Crippen LogP contribution in [-0.2, 0) is 4.79 Å². The van der Waals surface area contributed by atoms with Gasteiger partial charge in [0.1, 0.15) is 5.78 Å². The van der Waals surface area contributed by atoms with Crippen LogP contribution >= 0.6 is 0 Å². The smallest absolute Gasteiger partial charge is 0.136 e. The quantitative estimate of drug-likeness (QED) is 0.561. The molecule has 1 atom stereocenters. The van der Waals surface area contributed by atoms with E-state index in [0.29, 0.717) is 30.9 Å². The molecule has 1 aliphatic rings. The molecule has 1 rings (SSSR count). The fourth-order valence-electron chi connectivity index (χ4n) is 2.80. The Morgan fingerprint density at radius 1 is 1.39 bits per heavy atom. The molecular formula is C20H30N2O. The van der Waals surface area contributed by atoms with Crippen molar-refractivity contribution in [3.63, 3.8) is 0 Å². The average molecular weight is 314 g/mol. The van der Waals surface area contributed by atoms with Gasteiger partial charge in [-0.1, -0.05) is 36.8 Å².